The second-order valence-corrected chi connectivity index (χ2v) is 4.86. The second kappa shape index (κ2) is 5.98. The molecular formula is C14H20N2O2. The van der Waals surface area contributed by atoms with E-state index in [4.69, 9.17) is 5.73 Å². The van der Waals surface area contributed by atoms with Crippen LogP contribution in [0.3, 0.4) is 0 Å². The van der Waals surface area contributed by atoms with Crippen molar-refractivity contribution in [2.24, 2.45) is 5.73 Å². The molecule has 0 aromatic heterocycles. The lowest BCUT2D eigenvalue weighted by Crippen LogP contribution is -2.43. The van der Waals surface area contributed by atoms with Gasteiger partial charge in [0.15, 0.2) is 0 Å². The minimum absolute atomic E-state index is 0.0394. The van der Waals surface area contributed by atoms with E-state index in [2.05, 4.69) is 0 Å². The normalized spacial score (nSPS) is 21.0. The average Bonchev–Trinajstić information content (AvgIpc) is 2.83. The summed E-state index contributed by atoms with van der Waals surface area (Å²) in [6.45, 7) is 1.05. The van der Waals surface area contributed by atoms with Gasteiger partial charge in [0.25, 0.3) is 0 Å². The zero-order chi connectivity index (χ0) is 13.0. The molecule has 1 aromatic carbocycles. The van der Waals surface area contributed by atoms with Gasteiger partial charge in [0.05, 0.1) is 12.1 Å². The maximum atomic E-state index is 12.0. The van der Waals surface area contributed by atoms with Crippen LogP contribution in [0.1, 0.15) is 18.4 Å². The first-order chi connectivity index (χ1) is 8.66. The van der Waals surface area contributed by atoms with Crippen molar-refractivity contribution >= 4 is 5.91 Å². The predicted molar refractivity (Wildman–Crippen MR) is 69.9 cm³/mol. The fourth-order valence-electron chi connectivity index (χ4n) is 2.27. The molecule has 1 fully saturated rings. The van der Waals surface area contributed by atoms with E-state index in [9.17, 15) is 9.90 Å². The van der Waals surface area contributed by atoms with E-state index in [1.165, 1.54) is 5.56 Å². The van der Waals surface area contributed by atoms with Crippen molar-refractivity contribution in [1.82, 2.24) is 4.90 Å². The number of carbonyl (C=O) groups is 1. The Morgan fingerprint density at radius 3 is 2.78 bits per heavy atom. The first-order valence-corrected chi connectivity index (χ1v) is 6.43. The molecule has 1 saturated heterocycles. The Bertz CT molecular complexity index is 394. The standard InChI is InChI=1S/C14H20N2O2/c15-13(7-6-11-4-2-1-3-5-11)14(18)16-9-8-12(17)10-16/h1-5,12-13,17H,6-10,15H2/t12-,13?/m0/s1. The molecule has 4 heteroatoms. The van der Waals surface area contributed by atoms with Crippen LogP contribution in [0.4, 0.5) is 0 Å². The quantitative estimate of drug-likeness (QED) is 0.817. The van der Waals surface area contributed by atoms with Crippen LogP contribution in [-0.2, 0) is 11.2 Å². The minimum Gasteiger partial charge on any atom is -0.391 e. The van der Waals surface area contributed by atoms with Gasteiger partial charge in [-0.15, -0.1) is 0 Å². The van der Waals surface area contributed by atoms with Crippen LogP contribution in [0.15, 0.2) is 30.3 Å². The molecule has 18 heavy (non-hydrogen) atoms. The van der Waals surface area contributed by atoms with Crippen LogP contribution in [0.2, 0.25) is 0 Å². The number of rotatable bonds is 4. The zero-order valence-electron chi connectivity index (χ0n) is 10.5. The Morgan fingerprint density at radius 1 is 1.44 bits per heavy atom. The molecule has 0 spiro atoms. The molecule has 0 radical (unpaired) electrons. The SMILES string of the molecule is NC(CCc1ccccc1)C(=O)N1CC[C@H](O)C1. The Kier molecular flexibility index (Phi) is 4.33. The van der Waals surface area contributed by atoms with Crippen molar-refractivity contribution in [3.8, 4) is 0 Å². The van der Waals surface area contributed by atoms with Crippen molar-refractivity contribution in [2.45, 2.75) is 31.4 Å². The Morgan fingerprint density at radius 2 is 2.17 bits per heavy atom. The fourth-order valence-corrected chi connectivity index (χ4v) is 2.27. The van der Waals surface area contributed by atoms with Gasteiger partial charge in [-0.1, -0.05) is 30.3 Å². The highest BCUT2D eigenvalue weighted by molar-refractivity contribution is 5.81. The Hall–Kier alpha value is -1.39. The number of hydrogen-bond acceptors (Lipinski definition) is 3. The highest BCUT2D eigenvalue weighted by Crippen LogP contribution is 2.12. The molecule has 1 heterocycles. The predicted octanol–water partition coefficient (Wildman–Crippen LogP) is 0.540. The topological polar surface area (TPSA) is 66.6 Å². The average molecular weight is 248 g/mol. The van der Waals surface area contributed by atoms with Gasteiger partial charge in [0.2, 0.25) is 5.91 Å². The first-order valence-electron chi connectivity index (χ1n) is 6.43. The summed E-state index contributed by atoms with van der Waals surface area (Å²) >= 11 is 0. The number of hydrogen-bond donors (Lipinski definition) is 2. The minimum atomic E-state index is -0.462. The molecule has 98 valence electrons. The summed E-state index contributed by atoms with van der Waals surface area (Å²) in [5.74, 6) is -0.0394. The monoisotopic (exact) mass is 248 g/mol. The number of carbonyl (C=O) groups excluding carboxylic acids is 1. The highest BCUT2D eigenvalue weighted by Gasteiger charge is 2.27. The van der Waals surface area contributed by atoms with Crippen LogP contribution >= 0.6 is 0 Å². The molecule has 0 aliphatic carbocycles. The van der Waals surface area contributed by atoms with Crippen molar-refractivity contribution in [3.05, 3.63) is 35.9 Å². The van der Waals surface area contributed by atoms with Gasteiger partial charge in [0, 0.05) is 13.1 Å². The number of aliphatic hydroxyl groups excluding tert-OH is 1. The first kappa shape index (κ1) is 13.1. The molecule has 1 aliphatic heterocycles. The third-order valence-electron chi connectivity index (χ3n) is 3.38. The molecule has 1 unspecified atom stereocenters. The summed E-state index contributed by atoms with van der Waals surface area (Å²) in [6, 6.07) is 9.56. The molecule has 1 aromatic rings. The van der Waals surface area contributed by atoms with E-state index in [0.29, 0.717) is 25.9 Å². The number of nitrogens with two attached hydrogens (primary N) is 1. The van der Waals surface area contributed by atoms with E-state index >= 15 is 0 Å². The van der Waals surface area contributed by atoms with Crippen molar-refractivity contribution < 1.29 is 9.90 Å². The van der Waals surface area contributed by atoms with E-state index < -0.39 is 6.04 Å². The van der Waals surface area contributed by atoms with Crippen LogP contribution < -0.4 is 5.73 Å². The number of nitrogens with zero attached hydrogens (tertiary/aromatic N) is 1. The van der Waals surface area contributed by atoms with Gasteiger partial charge in [-0.2, -0.15) is 0 Å². The fraction of sp³-hybridized carbons (Fsp3) is 0.500. The van der Waals surface area contributed by atoms with Gasteiger partial charge in [0.1, 0.15) is 0 Å². The maximum absolute atomic E-state index is 12.0. The lowest BCUT2D eigenvalue weighted by molar-refractivity contribution is -0.132. The van der Waals surface area contributed by atoms with Crippen molar-refractivity contribution in [3.63, 3.8) is 0 Å². The maximum Gasteiger partial charge on any atom is 0.239 e. The van der Waals surface area contributed by atoms with Crippen LogP contribution in [0.5, 0.6) is 0 Å². The third kappa shape index (κ3) is 3.31. The molecule has 3 N–H and O–H groups in total. The highest BCUT2D eigenvalue weighted by atomic mass is 16.3. The zero-order valence-corrected chi connectivity index (χ0v) is 10.5. The molecule has 0 saturated carbocycles. The summed E-state index contributed by atoms with van der Waals surface area (Å²) in [4.78, 5) is 13.7. The molecule has 0 bridgehead atoms. The number of benzene rings is 1. The smallest absolute Gasteiger partial charge is 0.239 e. The summed E-state index contributed by atoms with van der Waals surface area (Å²) < 4.78 is 0. The van der Waals surface area contributed by atoms with Gasteiger partial charge in [-0.25, -0.2) is 0 Å². The third-order valence-corrected chi connectivity index (χ3v) is 3.38. The molecule has 2 rings (SSSR count). The van der Waals surface area contributed by atoms with Gasteiger partial charge < -0.3 is 15.7 Å². The summed E-state index contributed by atoms with van der Waals surface area (Å²) in [7, 11) is 0. The number of amides is 1. The van der Waals surface area contributed by atoms with E-state index in [0.717, 1.165) is 6.42 Å². The molecule has 2 atom stereocenters. The number of likely N-dealkylation sites (tertiary alicyclic amines) is 1. The largest absolute Gasteiger partial charge is 0.391 e. The second-order valence-electron chi connectivity index (χ2n) is 4.86. The number of β-amino-alcohol motifs (C(OH)–C–C–N with tert-alkyl or cyclic N) is 1. The van der Waals surface area contributed by atoms with E-state index in [-0.39, 0.29) is 12.0 Å². The molecule has 1 aliphatic rings. The van der Waals surface area contributed by atoms with E-state index in [1.807, 2.05) is 30.3 Å². The molecule has 4 nitrogen and oxygen atoms in total. The molecule has 1 amide bonds. The Balaban J connectivity index is 1.81. The van der Waals surface area contributed by atoms with Crippen LogP contribution in [0.25, 0.3) is 0 Å². The van der Waals surface area contributed by atoms with Crippen molar-refractivity contribution in [2.75, 3.05) is 13.1 Å². The van der Waals surface area contributed by atoms with E-state index in [1.54, 1.807) is 4.90 Å². The number of aliphatic hydroxyl groups is 1. The summed E-state index contributed by atoms with van der Waals surface area (Å²) in [5.41, 5.74) is 7.11. The molecular weight excluding hydrogens is 228 g/mol. The lowest BCUT2D eigenvalue weighted by Gasteiger charge is -2.20. The van der Waals surface area contributed by atoms with Crippen LogP contribution in [0, 0.1) is 0 Å². The summed E-state index contributed by atoms with van der Waals surface area (Å²) in [6.07, 6.45) is 1.74. The van der Waals surface area contributed by atoms with Gasteiger partial charge >= 0.3 is 0 Å². The number of aryl methyl sites for hydroxylation is 1. The summed E-state index contributed by atoms with van der Waals surface area (Å²) in [5, 5.41) is 9.40. The van der Waals surface area contributed by atoms with Gasteiger partial charge in [-0.3, -0.25) is 4.79 Å². The Labute approximate surface area is 107 Å². The van der Waals surface area contributed by atoms with Crippen LogP contribution in [-0.4, -0.2) is 41.1 Å². The van der Waals surface area contributed by atoms with Gasteiger partial charge in [-0.05, 0) is 24.8 Å². The van der Waals surface area contributed by atoms with Crippen molar-refractivity contribution in [1.29, 1.82) is 0 Å². The lowest BCUT2D eigenvalue weighted by atomic mass is 10.1.